The number of thiazole rings is 1. The van der Waals surface area contributed by atoms with Crippen LogP contribution >= 0.6 is 23.6 Å². The summed E-state index contributed by atoms with van der Waals surface area (Å²) in [5.41, 5.74) is 6.73. The van der Waals surface area contributed by atoms with E-state index in [0.717, 1.165) is 5.01 Å². The molecule has 0 aliphatic heterocycles. The maximum absolute atomic E-state index is 12.0. The molecule has 2 aromatic rings. The van der Waals surface area contributed by atoms with Gasteiger partial charge in [0.1, 0.15) is 15.7 Å². The van der Waals surface area contributed by atoms with Gasteiger partial charge in [0.25, 0.3) is 5.91 Å². The lowest BCUT2D eigenvalue weighted by atomic mass is 10.3. The summed E-state index contributed by atoms with van der Waals surface area (Å²) in [6, 6.07) is 0. The molecule has 0 saturated carbocycles. The van der Waals surface area contributed by atoms with Gasteiger partial charge in [0.15, 0.2) is 0 Å². The summed E-state index contributed by atoms with van der Waals surface area (Å²) >= 11 is 6.20. The topological polar surface area (TPSA) is 96.7 Å². The van der Waals surface area contributed by atoms with Crippen LogP contribution in [0.15, 0.2) is 6.20 Å². The summed E-state index contributed by atoms with van der Waals surface area (Å²) in [6.07, 6.45) is 1.47. The Morgan fingerprint density at radius 2 is 2.28 bits per heavy atom. The van der Waals surface area contributed by atoms with E-state index in [4.69, 9.17) is 18.0 Å². The standard InChI is InChI=1S/C10H11N5OS2/c1-4-7(18-5(2)13-4)10(16)14-9-6(8(11)17)3-12-15-9/h3H,1-2H3,(H2,11,17)(H2,12,14,15,16). The maximum atomic E-state index is 12.0. The van der Waals surface area contributed by atoms with E-state index in [-0.39, 0.29) is 10.9 Å². The van der Waals surface area contributed by atoms with Gasteiger partial charge in [-0.15, -0.1) is 11.3 Å². The number of rotatable bonds is 3. The smallest absolute Gasteiger partial charge is 0.268 e. The molecule has 0 radical (unpaired) electrons. The molecule has 4 N–H and O–H groups in total. The Bertz CT molecular complexity index is 616. The van der Waals surface area contributed by atoms with Crippen molar-refractivity contribution in [2.24, 2.45) is 5.73 Å². The lowest BCUT2D eigenvalue weighted by molar-refractivity contribution is 0.102. The highest BCUT2D eigenvalue weighted by atomic mass is 32.1. The van der Waals surface area contributed by atoms with Gasteiger partial charge in [0, 0.05) is 0 Å². The van der Waals surface area contributed by atoms with Crippen LogP contribution < -0.4 is 11.1 Å². The van der Waals surface area contributed by atoms with Crippen LogP contribution in [0.3, 0.4) is 0 Å². The van der Waals surface area contributed by atoms with Crippen molar-refractivity contribution in [2.45, 2.75) is 13.8 Å². The summed E-state index contributed by atoms with van der Waals surface area (Å²) < 4.78 is 0. The van der Waals surface area contributed by atoms with E-state index in [1.807, 2.05) is 6.92 Å². The van der Waals surface area contributed by atoms with E-state index in [2.05, 4.69) is 20.5 Å². The summed E-state index contributed by atoms with van der Waals surface area (Å²) in [6.45, 7) is 3.64. The lowest BCUT2D eigenvalue weighted by Gasteiger charge is -2.03. The first kappa shape index (κ1) is 12.7. The third kappa shape index (κ3) is 2.39. The Hall–Kier alpha value is -1.80. The van der Waals surface area contributed by atoms with E-state index < -0.39 is 0 Å². The molecule has 2 rings (SSSR count). The molecule has 0 bridgehead atoms. The fraction of sp³-hybridized carbons (Fsp3) is 0.200. The van der Waals surface area contributed by atoms with Gasteiger partial charge < -0.3 is 11.1 Å². The zero-order chi connectivity index (χ0) is 13.3. The predicted octanol–water partition coefficient (Wildman–Crippen LogP) is 1.37. The van der Waals surface area contributed by atoms with E-state index in [9.17, 15) is 4.79 Å². The fourth-order valence-electron chi connectivity index (χ4n) is 1.48. The first-order chi connectivity index (χ1) is 8.49. The Kier molecular flexibility index (Phi) is 3.39. The summed E-state index contributed by atoms with van der Waals surface area (Å²) in [4.78, 5) is 17.0. The van der Waals surface area contributed by atoms with Crippen molar-refractivity contribution < 1.29 is 4.79 Å². The Labute approximate surface area is 113 Å². The van der Waals surface area contributed by atoms with Gasteiger partial charge >= 0.3 is 0 Å². The number of nitrogens with zero attached hydrogens (tertiary/aromatic N) is 2. The normalized spacial score (nSPS) is 10.3. The minimum Gasteiger partial charge on any atom is -0.389 e. The number of aromatic nitrogens is 3. The zero-order valence-corrected chi connectivity index (χ0v) is 11.4. The van der Waals surface area contributed by atoms with Crippen LogP contribution in [0.1, 0.15) is 25.9 Å². The van der Waals surface area contributed by atoms with Gasteiger partial charge in [0.2, 0.25) is 0 Å². The molecule has 0 fully saturated rings. The van der Waals surface area contributed by atoms with Crippen LogP contribution in [0, 0.1) is 13.8 Å². The monoisotopic (exact) mass is 281 g/mol. The second-order valence-corrected chi connectivity index (χ2v) is 5.27. The number of hydrogen-bond donors (Lipinski definition) is 3. The number of hydrogen-bond acceptors (Lipinski definition) is 5. The molecule has 8 heteroatoms. The highest BCUT2D eigenvalue weighted by molar-refractivity contribution is 7.80. The summed E-state index contributed by atoms with van der Waals surface area (Å²) in [5.74, 6) is 0.151. The average molecular weight is 281 g/mol. The highest BCUT2D eigenvalue weighted by Gasteiger charge is 2.16. The van der Waals surface area contributed by atoms with Crippen molar-refractivity contribution in [1.29, 1.82) is 0 Å². The van der Waals surface area contributed by atoms with Crippen molar-refractivity contribution >= 4 is 40.3 Å². The molecule has 0 atom stereocenters. The number of amides is 1. The first-order valence-corrected chi connectivity index (χ1v) is 6.30. The Morgan fingerprint density at radius 1 is 1.56 bits per heavy atom. The molecule has 18 heavy (non-hydrogen) atoms. The van der Waals surface area contributed by atoms with Gasteiger partial charge in [-0.2, -0.15) is 5.10 Å². The van der Waals surface area contributed by atoms with E-state index >= 15 is 0 Å². The molecule has 94 valence electrons. The zero-order valence-electron chi connectivity index (χ0n) is 9.77. The van der Waals surface area contributed by atoms with Crippen LogP contribution in [-0.2, 0) is 0 Å². The number of anilines is 1. The van der Waals surface area contributed by atoms with Crippen LogP contribution in [0.2, 0.25) is 0 Å². The second-order valence-electron chi connectivity index (χ2n) is 3.62. The Balaban J connectivity index is 2.24. The van der Waals surface area contributed by atoms with E-state index in [1.165, 1.54) is 17.5 Å². The number of carbonyl (C=O) groups is 1. The number of aryl methyl sites for hydroxylation is 2. The van der Waals surface area contributed by atoms with E-state index in [0.29, 0.717) is 22.0 Å². The van der Waals surface area contributed by atoms with E-state index in [1.54, 1.807) is 6.92 Å². The molecule has 2 heterocycles. The molecule has 2 aromatic heterocycles. The second kappa shape index (κ2) is 4.83. The quantitative estimate of drug-likeness (QED) is 0.738. The molecule has 0 aromatic carbocycles. The molecule has 0 aliphatic carbocycles. The number of thiocarbonyl (C=S) groups is 1. The number of nitrogens with two attached hydrogens (primary N) is 1. The third-order valence-corrected chi connectivity index (χ3v) is 3.54. The molecule has 0 saturated heterocycles. The van der Waals surface area contributed by atoms with Crippen LogP contribution in [0.4, 0.5) is 5.82 Å². The number of H-pyrrole nitrogens is 1. The first-order valence-electron chi connectivity index (χ1n) is 5.07. The van der Waals surface area contributed by atoms with Crippen molar-refractivity contribution in [3.05, 3.63) is 27.3 Å². The van der Waals surface area contributed by atoms with Crippen molar-refractivity contribution in [2.75, 3.05) is 5.32 Å². The fourth-order valence-corrected chi connectivity index (χ4v) is 2.45. The molecule has 0 spiro atoms. The largest absolute Gasteiger partial charge is 0.389 e. The minimum atomic E-state index is -0.250. The molecule has 0 aliphatic rings. The van der Waals surface area contributed by atoms with Gasteiger partial charge in [-0.1, -0.05) is 12.2 Å². The predicted molar refractivity (Wildman–Crippen MR) is 74.0 cm³/mol. The average Bonchev–Trinajstić information content (AvgIpc) is 2.85. The third-order valence-electron chi connectivity index (χ3n) is 2.25. The Morgan fingerprint density at radius 3 is 2.83 bits per heavy atom. The van der Waals surface area contributed by atoms with Crippen molar-refractivity contribution in [3.63, 3.8) is 0 Å². The number of carbonyl (C=O) groups excluding carboxylic acids is 1. The van der Waals surface area contributed by atoms with Gasteiger partial charge in [0.05, 0.1) is 22.5 Å². The molecule has 0 unspecified atom stereocenters. The van der Waals surface area contributed by atoms with Crippen LogP contribution in [0.25, 0.3) is 0 Å². The van der Waals surface area contributed by atoms with Gasteiger partial charge in [-0.3, -0.25) is 9.89 Å². The summed E-state index contributed by atoms with van der Waals surface area (Å²) in [7, 11) is 0. The molecule has 6 nitrogen and oxygen atoms in total. The highest BCUT2D eigenvalue weighted by Crippen LogP contribution is 2.19. The van der Waals surface area contributed by atoms with Crippen LogP contribution in [0.5, 0.6) is 0 Å². The SMILES string of the molecule is Cc1nc(C)c(C(=O)Nc2[nH]ncc2C(N)=S)s1. The molecular formula is C10H11N5OS2. The van der Waals surface area contributed by atoms with Crippen LogP contribution in [-0.4, -0.2) is 26.1 Å². The summed E-state index contributed by atoms with van der Waals surface area (Å²) in [5, 5.41) is 9.98. The molecule has 1 amide bonds. The minimum absolute atomic E-state index is 0.177. The van der Waals surface area contributed by atoms with Gasteiger partial charge in [-0.25, -0.2) is 4.98 Å². The molecular weight excluding hydrogens is 270 g/mol. The van der Waals surface area contributed by atoms with Crippen molar-refractivity contribution in [3.8, 4) is 0 Å². The van der Waals surface area contributed by atoms with Gasteiger partial charge in [-0.05, 0) is 13.8 Å². The lowest BCUT2D eigenvalue weighted by Crippen LogP contribution is -2.16. The maximum Gasteiger partial charge on any atom is 0.268 e. The number of aromatic amines is 1. The number of nitrogens with one attached hydrogen (secondary N) is 2. The van der Waals surface area contributed by atoms with Crippen molar-refractivity contribution in [1.82, 2.24) is 15.2 Å².